The molecule has 0 atom stereocenters. The maximum Gasteiger partial charge on any atom is 0.269 e. The minimum atomic E-state index is -0.0397. The molecule has 2 aliphatic heterocycles. The number of rotatable bonds is 1. The summed E-state index contributed by atoms with van der Waals surface area (Å²) in [5, 5.41) is 11.0. The van der Waals surface area contributed by atoms with Crippen LogP contribution >= 0.6 is 34.9 Å². The summed E-state index contributed by atoms with van der Waals surface area (Å²) in [7, 11) is 3.72. The highest BCUT2D eigenvalue weighted by Crippen LogP contribution is 2.49. The normalized spacial score (nSPS) is 22.0. The first-order valence-electron chi connectivity index (χ1n) is 7.14. The van der Waals surface area contributed by atoms with Crippen LogP contribution in [0, 0.1) is 6.92 Å². The first-order valence-corrected chi connectivity index (χ1v) is 9.59. The van der Waals surface area contributed by atoms with Gasteiger partial charge in [-0.15, -0.1) is 10.2 Å². The number of likely N-dealkylation sites (N-methyl/N-ethyl adjacent to an activating group) is 1. The molecule has 1 amide bonds. The lowest BCUT2D eigenvalue weighted by Gasteiger charge is -2.14. The van der Waals surface area contributed by atoms with E-state index in [9.17, 15) is 4.79 Å². The number of carbonyl (C=O) groups is 1. The number of thioether (sulfide) groups is 2. The van der Waals surface area contributed by atoms with E-state index in [0.29, 0.717) is 15.2 Å². The molecule has 0 bridgehead atoms. The Morgan fingerprint density at radius 3 is 2.58 bits per heavy atom. The molecule has 1 aromatic heterocycles. The number of aliphatic imine (C=N–C) groups is 1. The number of aromatic nitrogens is 2. The molecule has 0 aliphatic carbocycles. The van der Waals surface area contributed by atoms with Crippen LogP contribution in [0.1, 0.15) is 5.01 Å². The lowest BCUT2D eigenvalue weighted by atomic mass is 10.3. The van der Waals surface area contributed by atoms with E-state index in [1.165, 1.54) is 23.1 Å². The van der Waals surface area contributed by atoms with Gasteiger partial charge in [-0.05, 0) is 30.8 Å². The number of fused-ring (bicyclic) bond motifs is 1. The average Bonchev–Trinajstić information content (AvgIpc) is 3.21. The van der Waals surface area contributed by atoms with E-state index in [0.717, 1.165) is 20.6 Å². The Bertz CT molecular complexity index is 904. The molecule has 9 heteroatoms. The Labute approximate surface area is 151 Å². The number of hydrogen-bond donors (Lipinski definition) is 0. The van der Waals surface area contributed by atoms with Gasteiger partial charge in [0.25, 0.3) is 5.91 Å². The molecule has 1 aromatic carbocycles. The third-order valence-electron chi connectivity index (χ3n) is 3.62. The first kappa shape index (κ1) is 15.7. The number of aryl methyl sites for hydroxylation is 1. The lowest BCUT2D eigenvalue weighted by molar-refractivity contribution is -0.121. The average molecular weight is 376 g/mol. The van der Waals surface area contributed by atoms with Crippen LogP contribution in [-0.2, 0) is 4.79 Å². The van der Waals surface area contributed by atoms with E-state index in [1.807, 2.05) is 26.1 Å². The minimum absolute atomic E-state index is 0.0397. The molecule has 1 saturated heterocycles. The molecule has 2 aliphatic rings. The molecular formula is C15H13N5OS3. The second-order valence-corrected chi connectivity index (χ2v) is 8.40. The van der Waals surface area contributed by atoms with Crippen molar-refractivity contribution in [2.45, 2.75) is 11.8 Å². The second-order valence-electron chi connectivity index (χ2n) is 5.23. The minimum Gasteiger partial charge on any atom is -0.337 e. The highest BCUT2D eigenvalue weighted by molar-refractivity contribution is 8.19. The van der Waals surface area contributed by atoms with E-state index < -0.39 is 0 Å². The first-order chi connectivity index (χ1) is 11.5. The largest absolute Gasteiger partial charge is 0.337 e. The summed E-state index contributed by atoms with van der Waals surface area (Å²) in [4.78, 5) is 22.6. The predicted molar refractivity (Wildman–Crippen MR) is 99.8 cm³/mol. The summed E-state index contributed by atoms with van der Waals surface area (Å²) in [5.41, 5.74) is 1.12. The van der Waals surface area contributed by atoms with Crippen LogP contribution < -0.4 is 4.90 Å². The van der Waals surface area contributed by atoms with Gasteiger partial charge in [0.2, 0.25) is 5.13 Å². The van der Waals surface area contributed by atoms with Crippen LogP contribution in [0.25, 0.3) is 0 Å². The maximum absolute atomic E-state index is 12.7. The van der Waals surface area contributed by atoms with Crippen molar-refractivity contribution >= 4 is 56.8 Å². The third kappa shape index (κ3) is 2.52. The van der Waals surface area contributed by atoms with Crippen molar-refractivity contribution in [1.29, 1.82) is 0 Å². The summed E-state index contributed by atoms with van der Waals surface area (Å²) in [6.45, 7) is 1.88. The molecular weight excluding hydrogens is 362 g/mol. The van der Waals surface area contributed by atoms with Crippen molar-refractivity contribution < 1.29 is 4.79 Å². The molecule has 2 aromatic rings. The maximum atomic E-state index is 12.7. The number of amidine groups is 1. The van der Waals surface area contributed by atoms with E-state index in [4.69, 9.17) is 0 Å². The topological polar surface area (TPSA) is 61.7 Å². The fraction of sp³-hybridized carbons (Fsp3) is 0.200. The van der Waals surface area contributed by atoms with Crippen LogP contribution in [0.2, 0.25) is 0 Å². The molecule has 0 saturated carbocycles. The number of carbonyl (C=O) groups excluding carboxylic acids is 1. The number of anilines is 1. The number of para-hydroxylation sites is 1. The Morgan fingerprint density at radius 1 is 1.08 bits per heavy atom. The highest BCUT2D eigenvalue weighted by atomic mass is 32.2. The van der Waals surface area contributed by atoms with Crippen molar-refractivity contribution in [2.75, 3.05) is 19.0 Å². The van der Waals surface area contributed by atoms with E-state index in [-0.39, 0.29) is 5.91 Å². The zero-order valence-corrected chi connectivity index (χ0v) is 15.6. The van der Waals surface area contributed by atoms with Crippen molar-refractivity contribution in [3.63, 3.8) is 0 Å². The Balaban J connectivity index is 1.71. The number of hydrogen-bond acceptors (Lipinski definition) is 8. The van der Waals surface area contributed by atoms with Gasteiger partial charge in [-0.2, -0.15) is 4.99 Å². The van der Waals surface area contributed by atoms with Crippen LogP contribution in [-0.4, -0.2) is 40.3 Å². The quantitative estimate of drug-likeness (QED) is 0.712. The van der Waals surface area contributed by atoms with Gasteiger partial charge in [-0.3, -0.25) is 9.69 Å². The molecule has 4 rings (SSSR count). The van der Waals surface area contributed by atoms with Crippen molar-refractivity contribution in [3.8, 4) is 0 Å². The number of nitrogens with zero attached hydrogens (tertiary/aromatic N) is 5. The van der Waals surface area contributed by atoms with Crippen molar-refractivity contribution in [1.82, 2.24) is 15.1 Å². The summed E-state index contributed by atoms with van der Waals surface area (Å²) in [5.74, 6) is -0.0397. The van der Waals surface area contributed by atoms with Gasteiger partial charge in [0.1, 0.15) is 9.91 Å². The van der Waals surface area contributed by atoms with Gasteiger partial charge >= 0.3 is 0 Å². The van der Waals surface area contributed by atoms with Gasteiger partial charge in [-0.25, -0.2) is 0 Å². The SMILES string of the molecule is Cc1nnc(N=C2SC(=C3Sc4ccccc4N3C)C(=O)N2C)s1. The molecule has 0 N–H and O–H groups in total. The Morgan fingerprint density at radius 2 is 1.88 bits per heavy atom. The summed E-state index contributed by atoms with van der Waals surface area (Å²) in [6, 6.07) is 8.14. The number of amides is 1. The fourth-order valence-electron chi connectivity index (χ4n) is 2.39. The van der Waals surface area contributed by atoms with E-state index in [2.05, 4.69) is 32.2 Å². The molecule has 6 nitrogen and oxygen atoms in total. The van der Waals surface area contributed by atoms with Crippen LogP contribution in [0.4, 0.5) is 10.8 Å². The van der Waals surface area contributed by atoms with Gasteiger partial charge in [-0.1, -0.05) is 35.2 Å². The van der Waals surface area contributed by atoms with Crippen molar-refractivity contribution in [3.05, 3.63) is 39.2 Å². The van der Waals surface area contributed by atoms with Crippen LogP contribution in [0.3, 0.4) is 0 Å². The standard InChI is InChI=1S/C15H13N5OS3/c1-8-17-18-14(22-8)16-15-20(3)12(21)11(24-15)13-19(2)9-6-4-5-7-10(9)23-13/h4-7H,1-3H3. The molecule has 0 spiro atoms. The Hall–Kier alpha value is -1.84. The van der Waals surface area contributed by atoms with Gasteiger partial charge in [0.05, 0.1) is 10.7 Å². The molecule has 0 radical (unpaired) electrons. The lowest BCUT2D eigenvalue weighted by Crippen LogP contribution is -2.24. The Kier molecular flexibility index (Phi) is 3.86. The van der Waals surface area contributed by atoms with E-state index >= 15 is 0 Å². The van der Waals surface area contributed by atoms with Gasteiger partial charge in [0.15, 0.2) is 5.17 Å². The molecule has 122 valence electrons. The van der Waals surface area contributed by atoms with Gasteiger partial charge < -0.3 is 4.90 Å². The zero-order valence-electron chi connectivity index (χ0n) is 13.2. The molecule has 1 fully saturated rings. The number of benzene rings is 1. The molecule has 0 unspecified atom stereocenters. The summed E-state index contributed by atoms with van der Waals surface area (Å²) >= 11 is 4.41. The van der Waals surface area contributed by atoms with Crippen LogP contribution in [0.5, 0.6) is 0 Å². The molecule has 24 heavy (non-hydrogen) atoms. The second kappa shape index (κ2) is 5.91. The summed E-state index contributed by atoms with van der Waals surface area (Å²) in [6.07, 6.45) is 0. The fourth-order valence-corrected chi connectivity index (χ4v) is 5.32. The van der Waals surface area contributed by atoms with Gasteiger partial charge in [0, 0.05) is 19.0 Å². The molecule has 3 heterocycles. The highest BCUT2D eigenvalue weighted by Gasteiger charge is 2.37. The smallest absolute Gasteiger partial charge is 0.269 e. The monoisotopic (exact) mass is 375 g/mol. The van der Waals surface area contributed by atoms with Crippen LogP contribution in [0.15, 0.2) is 44.1 Å². The third-order valence-corrected chi connectivity index (χ3v) is 6.84. The van der Waals surface area contributed by atoms with E-state index in [1.54, 1.807) is 23.7 Å². The summed E-state index contributed by atoms with van der Waals surface area (Å²) < 4.78 is 0. The predicted octanol–water partition coefficient (Wildman–Crippen LogP) is 3.45. The zero-order chi connectivity index (χ0) is 16.8. The van der Waals surface area contributed by atoms with Crippen molar-refractivity contribution in [2.24, 2.45) is 4.99 Å².